The first-order chi connectivity index (χ1) is 15.5. The van der Waals surface area contributed by atoms with E-state index in [-0.39, 0.29) is 46.9 Å². The van der Waals surface area contributed by atoms with Crippen molar-refractivity contribution in [3.8, 4) is 0 Å². The number of ether oxygens (including phenoxy) is 1. The Kier molecular flexibility index (Phi) is 6.92. The summed E-state index contributed by atoms with van der Waals surface area (Å²) in [5.41, 5.74) is -0.107. The summed E-state index contributed by atoms with van der Waals surface area (Å²) in [6.45, 7) is 8.46. The Morgan fingerprint density at radius 2 is 1.82 bits per heavy atom. The number of aliphatic hydroxyl groups is 2. The molecule has 1 amide bonds. The number of hydrogen-bond donors (Lipinski definition) is 3. The molecule has 0 aromatic rings. The van der Waals surface area contributed by atoms with Crippen molar-refractivity contribution in [2.24, 2.45) is 46.3 Å². The topological polar surface area (TPSA) is 95.9 Å². The Morgan fingerprint density at radius 1 is 1.09 bits per heavy atom. The molecule has 4 rings (SSSR count). The number of nitrogens with one attached hydrogen (secondary N) is 1. The lowest BCUT2D eigenvalue weighted by Gasteiger charge is -2.63. The van der Waals surface area contributed by atoms with Crippen LogP contribution in [-0.4, -0.2) is 47.4 Å². The Bertz CT molecular complexity index is 757. The molecule has 6 heteroatoms. The van der Waals surface area contributed by atoms with Crippen LogP contribution in [0.1, 0.15) is 85.5 Å². The molecule has 0 saturated heterocycles. The minimum absolute atomic E-state index is 0.0278. The monoisotopic (exact) mass is 463 g/mol. The van der Waals surface area contributed by atoms with Crippen LogP contribution in [-0.2, 0) is 14.3 Å². The molecule has 11 atom stereocenters. The molecule has 0 heterocycles. The maximum atomic E-state index is 11.7. The number of methoxy groups -OCH3 is 1. The zero-order chi connectivity index (χ0) is 24.1. The normalized spacial score (nSPS) is 47.6. The summed E-state index contributed by atoms with van der Waals surface area (Å²) in [4.78, 5) is 23.3. The number of carbonyl (C=O) groups excluding carboxylic acids is 2. The van der Waals surface area contributed by atoms with E-state index in [9.17, 15) is 19.8 Å². The van der Waals surface area contributed by atoms with E-state index in [0.717, 1.165) is 51.4 Å². The zero-order valence-corrected chi connectivity index (χ0v) is 21.2. The SMILES string of the molecule is COC(=O)CC[C@@H](C)[C@H]1CCC2C3C(C[C@H](O)[C@@]21C)[C@@]1(C)CC[C@H](NC(C)=O)CC1C[C@H]3O. The van der Waals surface area contributed by atoms with Gasteiger partial charge in [-0.1, -0.05) is 20.8 Å². The van der Waals surface area contributed by atoms with E-state index in [0.29, 0.717) is 36.0 Å². The number of rotatable bonds is 5. The molecule has 4 aliphatic carbocycles. The van der Waals surface area contributed by atoms with Crippen molar-refractivity contribution >= 4 is 11.9 Å². The van der Waals surface area contributed by atoms with Crippen LogP contribution in [0.4, 0.5) is 0 Å². The highest BCUT2D eigenvalue weighted by molar-refractivity contribution is 5.73. The number of hydrogen-bond acceptors (Lipinski definition) is 5. The first-order valence-electron chi connectivity index (χ1n) is 13.2. The molecule has 3 N–H and O–H groups in total. The van der Waals surface area contributed by atoms with Crippen LogP contribution in [0, 0.1) is 46.3 Å². The summed E-state index contributed by atoms with van der Waals surface area (Å²) >= 11 is 0. The minimum atomic E-state index is -0.382. The maximum absolute atomic E-state index is 11.7. The van der Waals surface area contributed by atoms with Crippen molar-refractivity contribution in [2.45, 2.75) is 104 Å². The van der Waals surface area contributed by atoms with Crippen molar-refractivity contribution in [2.75, 3.05) is 7.11 Å². The molecule has 0 radical (unpaired) electrons. The van der Waals surface area contributed by atoms with E-state index in [1.54, 1.807) is 6.92 Å². The van der Waals surface area contributed by atoms with Crippen LogP contribution >= 0.6 is 0 Å². The Hall–Kier alpha value is -1.14. The molecule has 4 fully saturated rings. The van der Waals surface area contributed by atoms with Crippen molar-refractivity contribution < 1.29 is 24.5 Å². The molecular formula is C27H45NO5. The van der Waals surface area contributed by atoms with Crippen LogP contribution in [0.3, 0.4) is 0 Å². The predicted octanol–water partition coefficient (Wildman–Crippen LogP) is 3.68. The predicted molar refractivity (Wildman–Crippen MR) is 126 cm³/mol. The van der Waals surface area contributed by atoms with Gasteiger partial charge in [0.25, 0.3) is 0 Å². The van der Waals surface area contributed by atoms with Crippen LogP contribution in [0.15, 0.2) is 0 Å². The van der Waals surface area contributed by atoms with E-state index in [4.69, 9.17) is 4.74 Å². The quantitative estimate of drug-likeness (QED) is 0.541. The molecule has 0 aromatic heterocycles. The number of amides is 1. The van der Waals surface area contributed by atoms with Gasteiger partial charge in [-0.25, -0.2) is 0 Å². The zero-order valence-electron chi connectivity index (χ0n) is 21.2. The molecule has 0 bridgehead atoms. The Morgan fingerprint density at radius 3 is 2.48 bits per heavy atom. The second-order valence-corrected chi connectivity index (χ2v) is 12.4. The molecule has 4 aliphatic rings. The molecule has 6 nitrogen and oxygen atoms in total. The van der Waals surface area contributed by atoms with Gasteiger partial charge in [0.15, 0.2) is 0 Å². The number of esters is 1. The summed E-state index contributed by atoms with van der Waals surface area (Å²) in [7, 11) is 1.44. The summed E-state index contributed by atoms with van der Waals surface area (Å²) in [5.74, 6) is 1.81. The van der Waals surface area contributed by atoms with Gasteiger partial charge in [-0.3, -0.25) is 9.59 Å². The van der Waals surface area contributed by atoms with Gasteiger partial charge in [-0.05, 0) is 97.7 Å². The van der Waals surface area contributed by atoms with Crippen LogP contribution in [0.5, 0.6) is 0 Å². The van der Waals surface area contributed by atoms with Crippen molar-refractivity contribution in [1.82, 2.24) is 5.32 Å². The van der Waals surface area contributed by atoms with Gasteiger partial charge in [0.2, 0.25) is 5.91 Å². The fraction of sp³-hybridized carbons (Fsp3) is 0.926. The van der Waals surface area contributed by atoms with Gasteiger partial charge >= 0.3 is 5.97 Å². The highest BCUT2D eigenvalue weighted by Gasteiger charge is 2.65. The third kappa shape index (κ3) is 4.13. The molecule has 0 aliphatic heterocycles. The van der Waals surface area contributed by atoms with E-state index in [1.165, 1.54) is 7.11 Å². The lowest BCUT2D eigenvalue weighted by atomic mass is 9.43. The average molecular weight is 464 g/mol. The van der Waals surface area contributed by atoms with Crippen molar-refractivity contribution in [3.63, 3.8) is 0 Å². The largest absolute Gasteiger partial charge is 0.469 e. The number of aliphatic hydroxyl groups excluding tert-OH is 2. The lowest BCUT2D eigenvalue weighted by Crippen LogP contribution is -2.63. The van der Waals surface area contributed by atoms with Gasteiger partial charge in [0.05, 0.1) is 19.3 Å². The van der Waals surface area contributed by atoms with Crippen LogP contribution in [0.25, 0.3) is 0 Å². The van der Waals surface area contributed by atoms with Crippen molar-refractivity contribution in [3.05, 3.63) is 0 Å². The summed E-state index contributed by atoms with van der Waals surface area (Å²) < 4.78 is 4.85. The van der Waals surface area contributed by atoms with Crippen molar-refractivity contribution in [1.29, 1.82) is 0 Å². The van der Waals surface area contributed by atoms with Gasteiger partial charge in [0.1, 0.15) is 0 Å². The maximum Gasteiger partial charge on any atom is 0.305 e. The molecule has 4 unspecified atom stereocenters. The molecule has 33 heavy (non-hydrogen) atoms. The van der Waals surface area contributed by atoms with E-state index < -0.39 is 0 Å². The third-order valence-corrected chi connectivity index (χ3v) is 11.0. The van der Waals surface area contributed by atoms with Gasteiger partial charge < -0.3 is 20.3 Å². The molecule has 0 aromatic carbocycles. The van der Waals surface area contributed by atoms with E-state index in [1.807, 2.05) is 0 Å². The Balaban J connectivity index is 1.54. The second-order valence-electron chi connectivity index (χ2n) is 12.4. The van der Waals surface area contributed by atoms with Gasteiger partial charge in [-0.15, -0.1) is 0 Å². The van der Waals surface area contributed by atoms with E-state index >= 15 is 0 Å². The highest BCUT2D eigenvalue weighted by Crippen LogP contribution is 2.68. The number of fused-ring (bicyclic) bond motifs is 5. The van der Waals surface area contributed by atoms with Crippen LogP contribution in [0.2, 0.25) is 0 Å². The van der Waals surface area contributed by atoms with Crippen LogP contribution < -0.4 is 5.32 Å². The second kappa shape index (κ2) is 9.14. The first kappa shape index (κ1) is 25.0. The summed E-state index contributed by atoms with van der Waals surface area (Å²) in [6.07, 6.45) is 7.12. The fourth-order valence-electron chi connectivity index (χ4n) is 9.22. The average Bonchev–Trinajstić information content (AvgIpc) is 3.11. The minimum Gasteiger partial charge on any atom is -0.469 e. The molecular weight excluding hydrogens is 418 g/mol. The highest BCUT2D eigenvalue weighted by atomic mass is 16.5. The Labute approximate surface area is 199 Å². The first-order valence-corrected chi connectivity index (χ1v) is 13.2. The lowest BCUT2D eigenvalue weighted by molar-refractivity contribution is -0.202. The summed E-state index contributed by atoms with van der Waals surface area (Å²) in [5, 5.41) is 26.2. The van der Waals surface area contributed by atoms with Gasteiger partial charge in [-0.2, -0.15) is 0 Å². The fourth-order valence-corrected chi connectivity index (χ4v) is 9.22. The van der Waals surface area contributed by atoms with E-state index in [2.05, 4.69) is 26.1 Å². The number of carbonyl (C=O) groups is 2. The summed E-state index contributed by atoms with van der Waals surface area (Å²) in [6, 6.07) is 0.203. The smallest absolute Gasteiger partial charge is 0.305 e. The molecule has 188 valence electrons. The van der Waals surface area contributed by atoms with Gasteiger partial charge in [0, 0.05) is 19.4 Å². The standard InChI is InChI=1S/C27H45NO5/c1-15(6-9-24(32)33-5)19-7-8-20-25-21(14-23(31)27(19,20)4)26(3)11-10-18(28-16(2)29)12-17(26)13-22(25)30/h15,17-23,25,30-31H,6-14H2,1-5H3,(H,28,29)/t15-,17?,18+,19-,20?,21?,22-,23+,25?,26+,27-/m1/s1. The third-order valence-electron chi connectivity index (χ3n) is 11.0. The molecule has 4 saturated carbocycles. The molecule has 0 spiro atoms.